The Balaban J connectivity index is 0.0000151. The summed E-state index contributed by atoms with van der Waals surface area (Å²) in [6.45, 7) is 6.06. The molecule has 2 unspecified atom stereocenters. The van der Waals surface area contributed by atoms with Gasteiger partial charge in [-0.2, -0.15) is 25.5 Å². The summed E-state index contributed by atoms with van der Waals surface area (Å²) < 4.78 is 58.6. The van der Waals surface area contributed by atoms with Gasteiger partial charge in [0.25, 0.3) is 0 Å². The van der Waals surface area contributed by atoms with E-state index in [1.165, 1.54) is 0 Å². The van der Waals surface area contributed by atoms with Crippen LogP contribution in [0.2, 0.25) is 20.1 Å². The van der Waals surface area contributed by atoms with E-state index in [9.17, 15) is 57.4 Å². The monoisotopic (exact) mass is 2010 g/mol. The summed E-state index contributed by atoms with van der Waals surface area (Å²) >= 11 is 36.6. The number of carbonyl (C=O) groups is 6. The number of urea groups is 1. The topological polar surface area (TPSA) is 337 Å². The van der Waals surface area contributed by atoms with Crippen LogP contribution in [0.1, 0.15) is 159 Å². The minimum absolute atomic E-state index is 0. The van der Waals surface area contributed by atoms with Crippen LogP contribution in [0, 0.1) is 14.3 Å². The molecule has 0 saturated carbocycles. The SMILES string of the molecule is C[C@@]12CSC(CCCCC(=O)NCCN(CCNC(=O)CCCCCCCCCCCOC(=O)OC[C@H]3O[C@@H](n4ccc(N)nc4=O)C(F)(F)C3O)CCNC(=O)CCCCCCCOC(=O)c3c(Cl)c(Cl)c(Cl)c(Cl)c3-c3c4cc(I)c(=O)c(I)c-4oc4c(I)c([O-])c(I)cc34)[C@]1(C)NC(=O)N2.[Na+]. The molecular formula is C68H82Cl4F2I4N9NaO15S. The van der Waals surface area contributed by atoms with E-state index in [0.717, 1.165) is 95.1 Å². The van der Waals surface area contributed by atoms with Crippen molar-refractivity contribution in [1.29, 1.82) is 0 Å². The van der Waals surface area contributed by atoms with Gasteiger partial charge in [-0.05, 0) is 161 Å². The van der Waals surface area contributed by atoms with Crippen LogP contribution >= 0.6 is 149 Å². The van der Waals surface area contributed by atoms with Crippen LogP contribution in [0.4, 0.5) is 24.2 Å². The van der Waals surface area contributed by atoms with Crippen molar-refractivity contribution in [1.82, 2.24) is 41.0 Å². The largest absolute Gasteiger partial charge is 1.00 e. The summed E-state index contributed by atoms with van der Waals surface area (Å²) in [5, 5.41) is 38.7. The van der Waals surface area contributed by atoms with Crippen LogP contribution in [-0.2, 0) is 33.3 Å². The Bertz CT molecular complexity index is 4000. The molecule has 1 aromatic heterocycles. The zero-order valence-electron chi connectivity index (χ0n) is 57.6. The molecule has 2 aromatic carbocycles. The van der Waals surface area contributed by atoms with Crippen LogP contribution < -0.4 is 78.1 Å². The molecule has 4 aliphatic heterocycles. The van der Waals surface area contributed by atoms with Crippen molar-refractivity contribution in [3.63, 3.8) is 0 Å². The molecule has 3 aromatic rings. The van der Waals surface area contributed by atoms with Crippen molar-refractivity contribution in [2.24, 2.45) is 0 Å². The second-order valence-electron chi connectivity index (χ2n) is 26.0. The van der Waals surface area contributed by atoms with E-state index in [4.69, 9.17) is 75.5 Å². The number of anilines is 1. The van der Waals surface area contributed by atoms with Gasteiger partial charge in [0.15, 0.2) is 11.9 Å². The number of carbonyl (C=O) groups excluding carboxylic acids is 6. The maximum absolute atomic E-state index is 14.8. The van der Waals surface area contributed by atoms with Crippen molar-refractivity contribution >= 4 is 201 Å². The van der Waals surface area contributed by atoms with Gasteiger partial charge in [0.05, 0.1) is 53.5 Å². The number of aliphatic hydroxyl groups is 1. The Morgan fingerprint density at radius 3 is 1.86 bits per heavy atom. The molecule has 3 fully saturated rings. The fourth-order valence-corrected chi connectivity index (χ4v) is 19.1. The van der Waals surface area contributed by atoms with Crippen molar-refractivity contribution in [2.45, 2.75) is 183 Å². The first-order chi connectivity index (χ1) is 49.0. The number of rotatable bonds is 39. The van der Waals surface area contributed by atoms with E-state index in [1.807, 2.05) is 102 Å². The Labute approximate surface area is 701 Å². The molecule has 8 N–H and O–H groups in total. The number of alkyl halides is 2. The van der Waals surface area contributed by atoms with Gasteiger partial charge in [-0.25, -0.2) is 19.2 Å². The Hall–Kier alpha value is -2.80. The first-order valence-corrected chi connectivity index (χ1v) is 40.9. The minimum Gasteiger partial charge on any atom is -0.871 e. The number of fused-ring (bicyclic) bond motifs is 3. The number of ether oxygens (including phenoxy) is 4. The number of thioether (sulfide) groups is 1. The molecular weight excluding hydrogens is 1930 g/mol. The summed E-state index contributed by atoms with van der Waals surface area (Å²) in [6.07, 6.45) is 8.19. The fraction of sp³-hybridized carbons (Fsp3) is 0.574. The molecule has 5 heterocycles. The van der Waals surface area contributed by atoms with Crippen LogP contribution in [0.25, 0.3) is 33.4 Å². The van der Waals surface area contributed by atoms with E-state index in [2.05, 4.69) is 50.3 Å². The van der Waals surface area contributed by atoms with Gasteiger partial charge in [0, 0.05) is 105 Å². The third-order valence-electron chi connectivity index (χ3n) is 18.6. The molecule has 0 spiro atoms. The number of hydrogen-bond acceptors (Lipinski definition) is 19. The molecule has 104 heavy (non-hydrogen) atoms. The van der Waals surface area contributed by atoms with Crippen LogP contribution in [-0.4, -0.2) is 155 Å². The first-order valence-electron chi connectivity index (χ1n) is 34.1. The number of nitrogen functional groups attached to an aromatic ring is 1. The van der Waals surface area contributed by atoms with Gasteiger partial charge in [0.1, 0.15) is 27.7 Å². The number of amides is 5. The van der Waals surface area contributed by atoms with Crippen LogP contribution in [0.15, 0.2) is 38.4 Å². The van der Waals surface area contributed by atoms with Gasteiger partial charge in [-0.1, -0.05) is 123 Å². The number of benzene rings is 3. The molecule has 566 valence electrons. The number of unbranched alkanes of at least 4 members (excludes halogenated alkanes) is 13. The number of nitrogens with one attached hydrogen (secondary N) is 5. The second-order valence-corrected chi connectivity index (χ2v) is 33.2. The molecule has 0 radical (unpaired) electrons. The Morgan fingerprint density at radius 1 is 0.740 bits per heavy atom. The smallest absolute Gasteiger partial charge is 0.871 e. The molecule has 8 rings (SSSR count). The molecule has 3 saturated heterocycles. The number of nitrogens with zero attached hydrogens (tertiary/aromatic N) is 3. The average molecular weight is 2010 g/mol. The summed E-state index contributed by atoms with van der Waals surface area (Å²) in [4.78, 5) is 108. The molecule has 36 heteroatoms. The van der Waals surface area contributed by atoms with Crippen molar-refractivity contribution < 1.29 is 101 Å². The Kier molecular flexibility index (Phi) is 35.3. The van der Waals surface area contributed by atoms with Crippen LogP contribution in [0.5, 0.6) is 5.75 Å². The maximum atomic E-state index is 14.8. The van der Waals surface area contributed by atoms with E-state index in [0.29, 0.717) is 119 Å². The predicted molar refractivity (Wildman–Crippen MR) is 423 cm³/mol. The predicted octanol–water partition coefficient (Wildman–Crippen LogP) is 10.1. The number of esters is 1. The van der Waals surface area contributed by atoms with E-state index < -0.39 is 48.8 Å². The molecule has 5 aliphatic rings. The van der Waals surface area contributed by atoms with Gasteiger partial charge in [-0.15, -0.1) is 0 Å². The van der Waals surface area contributed by atoms with Gasteiger partial charge >= 0.3 is 59.3 Å². The van der Waals surface area contributed by atoms with Crippen molar-refractivity contribution in [3.8, 4) is 28.2 Å². The number of nitrogens with two attached hydrogens (primary N) is 1. The summed E-state index contributed by atoms with van der Waals surface area (Å²) in [6, 6.07) is 4.21. The zero-order valence-corrected chi connectivity index (χ0v) is 72.1. The zero-order chi connectivity index (χ0) is 74.9. The van der Waals surface area contributed by atoms with Gasteiger partial charge < -0.3 is 65.9 Å². The number of hydrogen-bond donors (Lipinski definition) is 7. The Morgan fingerprint density at radius 2 is 1.28 bits per heavy atom. The molecule has 5 amide bonds. The van der Waals surface area contributed by atoms with Crippen LogP contribution in [0.3, 0.4) is 0 Å². The molecule has 1 aliphatic carbocycles. The normalized spacial score (nSPS) is 19.5. The fourth-order valence-electron chi connectivity index (χ4n) is 12.6. The molecule has 0 bridgehead atoms. The van der Waals surface area contributed by atoms with E-state index >= 15 is 0 Å². The molecule has 6 atom stereocenters. The summed E-state index contributed by atoms with van der Waals surface area (Å²) in [7, 11) is 0. The minimum atomic E-state index is -3.89. The number of aliphatic hydroxyl groups excluding tert-OH is 1. The average Bonchev–Trinajstić information content (AvgIpc) is 1.03. The summed E-state index contributed by atoms with van der Waals surface area (Å²) in [5.41, 5.74) is 4.23. The quantitative estimate of drug-likeness (QED) is 0.00281. The van der Waals surface area contributed by atoms with Gasteiger partial charge in [-0.3, -0.25) is 28.6 Å². The third-order valence-corrected chi connectivity index (χ3v) is 25.8. The number of aromatic nitrogens is 2. The van der Waals surface area contributed by atoms with Gasteiger partial charge in [0.2, 0.25) is 29.4 Å². The maximum Gasteiger partial charge on any atom is 1.00 e. The summed E-state index contributed by atoms with van der Waals surface area (Å²) in [5.74, 6) is -4.42. The van der Waals surface area contributed by atoms with E-state index in [1.54, 1.807) is 12.1 Å². The first kappa shape index (κ1) is 88.4. The molecule has 24 nitrogen and oxygen atoms in total. The van der Waals surface area contributed by atoms with Crippen molar-refractivity contribution in [3.05, 3.63) is 85.0 Å². The third kappa shape index (κ3) is 22.7. The standard InChI is InChI=1S/C68H83Cl4F2I4N9O15S.Na/c1-66-36-103-42(67(66,2)85-63(95)84-66)19-15-16-22-46(90)82-26-30-86(28-24-80-44(88)20-13-9-6-4-3-5-7-11-18-32-99-65(97)100-35-41-60(93)68(73,74)62(101-41)87-27-23-43(79)83-64(87)96)29-25-81-45(89)21-14-10-8-12-17-31-98-61(94)49-48(50(69)52(71)53(72)51(49)70)47-37-33-39(75)56(91)54(77)58(37)102-59-38(47)34-40(76)57(92)55(59)78;/h23,27,33-34,41-42,60,62,91,93H,3-22,24-26,28-32,35-36H2,1-2H3,(H,80,88)(H,81,89)(H,82,90)(H2,79,83,96)(H2,84,85,95);/q;+1/p-1/t41-,42?,60?,62-,66-,67+;/m1./s1. The van der Waals surface area contributed by atoms with E-state index in [-0.39, 0.29) is 150 Å². The van der Waals surface area contributed by atoms with Crippen molar-refractivity contribution in [2.75, 3.05) is 70.6 Å². The number of halogens is 10. The second kappa shape index (κ2) is 41.5.